The van der Waals surface area contributed by atoms with Gasteiger partial charge in [-0.1, -0.05) is 11.6 Å². The number of carbonyl (C=O) groups excluding carboxylic acids is 2. The van der Waals surface area contributed by atoms with Gasteiger partial charge in [0.2, 0.25) is 5.91 Å². The van der Waals surface area contributed by atoms with E-state index in [-0.39, 0.29) is 11.5 Å². The lowest BCUT2D eigenvalue weighted by atomic mass is 10.1. The summed E-state index contributed by atoms with van der Waals surface area (Å²) in [5.41, 5.74) is -0.0386. The summed E-state index contributed by atoms with van der Waals surface area (Å²) < 4.78 is 19.3. The van der Waals surface area contributed by atoms with Crippen LogP contribution in [0.2, 0.25) is 5.02 Å². The Hall–Kier alpha value is -2.25. The summed E-state index contributed by atoms with van der Waals surface area (Å²) >= 11 is 7.34. The summed E-state index contributed by atoms with van der Waals surface area (Å²) in [5, 5.41) is 0.315. The first kappa shape index (κ1) is 21.5. The number of amides is 2. The van der Waals surface area contributed by atoms with Gasteiger partial charge in [0, 0.05) is 36.1 Å². The van der Waals surface area contributed by atoms with E-state index in [9.17, 15) is 14.0 Å². The van der Waals surface area contributed by atoms with Gasteiger partial charge in [0.05, 0.1) is 17.9 Å². The van der Waals surface area contributed by atoms with Crippen molar-refractivity contribution >= 4 is 35.2 Å². The molecule has 0 atom stereocenters. The lowest BCUT2D eigenvalue weighted by Gasteiger charge is -2.34. The standard InChI is InChI=1S/C21H22ClFN2O3S/c1-2-28-16-4-6-17(7-5-16)29-14-20(26)24-9-11-25(12-10-24)21(27)18-13-15(22)3-8-19(18)23/h3-8,13H,2,9-12,14H2,1H3. The van der Waals surface area contributed by atoms with Crippen molar-refractivity contribution in [1.29, 1.82) is 0 Å². The van der Waals surface area contributed by atoms with Crippen LogP contribution in [0.25, 0.3) is 0 Å². The number of carbonyl (C=O) groups is 2. The number of benzene rings is 2. The highest BCUT2D eigenvalue weighted by atomic mass is 35.5. The topological polar surface area (TPSA) is 49.9 Å². The number of nitrogens with zero attached hydrogens (tertiary/aromatic N) is 2. The molecule has 1 fully saturated rings. The second-order valence-electron chi connectivity index (χ2n) is 6.49. The molecule has 1 aliphatic rings. The van der Waals surface area contributed by atoms with E-state index in [0.29, 0.717) is 43.6 Å². The molecule has 0 aliphatic carbocycles. The van der Waals surface area contributed by atoms with Gasteiger partial charge in [-0.25, -0.2) is 4.39 Å². The van der Waals surface area contributed by atoms with Crippen LogP contribution < -0.4 is 4.74 Å². The van der Waals surface area contributed by atoms with Crippen LogP contribution in [-0.2, 0) is 4.79 Å². The summed E-state index contributed by atoms with van der Waals surface area (Å²) in [4.78, 5) is 29.3. The summed E-state index contributed by atoms with van der Waals surface area (Å²) in [5.74, 6) is 0.153. The highest BCUT2D eigenvalue weighted by Crippen LogP contribution is 2.22. The Balaban J connectivity index is 1.49. The molecule has 8 heteroatoms. The predicted molar refractivity (Wildman–Crippen MR) is 112 cm³/mol. The van der Waals surface area contributed by atoms with Gasteiger partial charge in [-0.3, -0.25) is 9.59 Å². The van der Waals surface area contributed by atoms with E-state index in [0.717, 1.165) is 10.6 Å². The van der Waals surface area contributed by atoms with Gasteiger partial charge in [-0.05, 0) is 49.4 Å². The number of halogens is 2. The zero-order valence-electron chi connectivity index (χ0n) is 16.1. The Labute approximate surface area is 178 Å². The second kappa shape index (κ2) is 9.98. The van der Waals surface area contributed by atoms with Gasteiger partial charge in [0.15, 0.2) is 0 Å². The Kier molecular flexibility index (Phi) is 7.39. The molecule has 0 N–H and O–H groups in total. The van der Waals surface area contributed by atoms with E-state index in [1.165, 1.54) is 30.0 Å². The third kappa shape index (κ3) is 5.64. The van der Waals surface area contributed by atoms with Gasteiger partial charge in [0.25, 0.3) is 5.91 Å². The number of hydrogen-bond donors (Lipinski definition) is 0. The van der Waals surface area contributed by atoms with Crippen LogP contribution in [0.5, 0.6) is 5.75 Å². The minimum absolute atomic E-state index is 0.0184. The third-order valence-corrected chi connectivity index (χ3v) is 5.81. The molecule has 154 valence electrons. The molecule has 2 aromatic carbocycles. The first-order chi connectivity index (χ1) is 14.0. The molecule has 3 rings (SSSR count). The van der Waals surface area contributed by atoms with Crippen molar-refractivity contribution in [3.63, 3.8) is 0 Å². The maximum atomic E-state index is 13.9. The Morgan fingerprint density at radius 1 is 1.07 bits per heavy atom. The maximum absolute atomic E-state index is 13.9. The van der Waals surface area contributed by atoms with Crippen LogP contribution in [-0.4, -0.2) is 60.2 Å². The Bertz CT molecular complexity index is 871. The van der Waals surface area contributed by atoms with Crippen LogP contribution in [0.15, 0.2) is 47.4 Å². The van der Waals surface area contributed by atoms with Crippen molar-refractivity contribution in [1.82, 2.24) is 9.80 Å². The SMILES string of the molecule is CCOc1ccc(SCC(=O)N2CCN(C(=O)c3cc(Cl)ccc3F)CC2)cc1. The van der Waals surface area contributed by atoms with Crippen LogP contribution >= 0.6 is 23.4 Å². The van der Waals surface area contributed by atoms with Crippen molar-refractivity contribution in [3.8, 4) is 5.75 Å². The molecule has 1 aliphatic heterocycles. The molecule has 0 radical (unpaired) electrons. The van der Waals surface area contributed by atoms with E-state index in [2.05, 4.69) is 0 Å². The average Bonchev–Trinajstić information content (AvgIpc) is 2.74. The zero-order valence-corrected chi connectivity index (χ0v) is 17.6. The summed E-state index contributed by atoms with van der Waals surface area (Å²) in [6.07, 6.45) is 0. The lowest BCUT2D eigenvalue weighted by Crippen LogP contribution is -2.51. The van der Waals surface area contributed by atoms with Gasteiger partial charge < -0.3 is 14.5 Å². The summed E-state index contributed by atoms with van der Waals surface area (Å²) in [6, 6.07) is 11.6. The smallest absolute Gasteiger partial charge is 0.257 e. The molecular formula is C21H22ClFN2O3S. The molecular weight excluding hydrogens is 415 g/mol. The first-order valence-electron chi connectivity index (χ1n) is 9.35. The van der Waals surface area contributed by atoms with E-state index >= 15 is 0 Å². The fourth-order valence-electron chi connectivity index (χ4n) is 3.03. The van der Waals surface area contributed by atoms with E-state index in [1.54, 1.807) is 9.80 Å². The van der Waals surface area contributed by atoms with E-state index in [1.807, 2.05) is 31.2 Å². The largest absolute Gasteiger partial charge is 0.494 e. The molecule has 2 aromatic rings. The monoisotopic (exact) mass is 436 g/mol. The number of hydrogen-bond acceptors (Lipinski definition) is 4. The average molecular weight is 437 g/mol. The highest BCUT2D eigenvalue weighted by molar-refractivity contribution is 8.00. The van der Waals surface area contributed by atoms with Crippen molar-refractivity contribution in [2.75, 3.05) is 38.5 Å². The van der Waals surface area contributed by atoms with Gasteiger partial charge in [0.1, 0.15) is 11.6 Å². The number of ether oxygens (including phenoxy) is 1. The molecule has 5 nitrogen and oxygen atoms in total. The highest BCUT2D eigenvalue weighted by Gasteiger charge is 2.26. The summed E-state index contributed by atoms with van der Waals surface area (Å²) in [7, 11) is 0. The Morgan fingerprint density at radius 2 is 1.72 bits per heavy atom. The first-order valence-corrected chi connectivity index (χ1v) is 10.7. The van der Waals surface area contributed by atoms with Gasteiger partial charge >= 0.3 is 0 Å². The minimum Gasteiger partial charge on any atom is -0.494 e. The molecule has 0 unspecified atom stereocenters. The van der Waals surface area contributed by atoms with Crippen molar-refractivity contribution in [3.05, 3.63) is 58.9 Å². The summed E-state index contributed by atoms with van der Waals surface area (Å²) in [6.45, 7) is 4.13. The maximum Gasteiger partial charge on any atom is 0.257 e. The molecule has 29 heavy (non-hydrogen) atoms. The molecule has 2 amide bonds. The molecule has 0 aromatic heterocycles. The molecule has 0 saturated carbocycles. The van der Waals surface area contributed by atoms with Crippen LogP contribution in [0.1, 0.15) is 17.3 Å². The van der Waals surface area contributed by atoms with Crippen molar-refractivity contribution in [2.45, 2.75) is 11.8 Å². The number of thioether (sulfide) groups is 1. The van der Waals surface area contributed by atoms with Crippen LogP contribution in [0, 0.1) is 5.82 Å². The van der Waals surface area contributed by atoms with Crippen molar-refractivity contribution in [2.24, 2.45) is 0 Å². The van der Waals surface area contributed by atoms with Crippen molar-refractivity contribution < 1.29 is 18.7 Å². The fraction of sp³-hybridized carbons (Fsp3) is 0.333. The minimum atomic E-state index is -0.593. The van der Waals surface area contributed by atoms with E-state index in [4.69, 9.17) is 16.3 Å². The molecule has 1 heterocycles. The molecule has 0 bridgehead atoms. The van der Waals surface area contributed by atoms with Crippen LogP contribution in [0.3, 0.4) is 0 Å². The quantitative estimate of drug-likeness (QED) is 0.643. The Morgan fingerprint density at radius 3 is 2.38 bits per heavy atom. The normalized spacial score (nSPS) is 14.0. The van der Waals surface area contributed by atoms with Gasteiger partial charge in [-0.2, -0.15) is 0 Å². The third-order valence-electron chi connectivity index (χ3n) is 4.58. The fourth-order valence-corrected chi connectivity index (χ4v) is 4.00. The molecule has 0 spiro atoms. The lowest BCUT2D eigenvalue weighted by molar-refractivity contribution is -0.129. The predicted octanol–water partition coefficient (Wildman–Crippen LogP) is 3.95. The van der Waals surface area contributed by atoms with E-state index < -0.39 is 11.7 Å². The second-order valence-corrected chi connectivity index (χ2v) is 7.98. The van der Waals surface area contributed by atoms with Gasteiger partial charge in [-0.15, -0.1) is 11.8 Å². The number of piperazine rings is 1. The zero-order chi connectivity index (χ0) is 20.8. The number of rotatable bonds is 6. The molecule has 1 saturated heterocycles. The van der Waals surface area contributed by atoms with Crippen LogP contribution in [0.4, 0.5) is 4.39 Å².